The molecular weight excluding hydrogens is 218 g/mol. The van der Waals surface area contributed by atoms with E-state index >= 15 is 0 Å². The molecule has 0 saturated carbocycles. The van der Waals surface area contributed by atoms with Gasteiger partial charge in [-0.15, -0.1) is 0 Å². The predicted molar refractivity (Wildman–Crippen MR) is 72.1 cm³/mol. The Bertz CT molecular complexity index is 208. The minimum absolute atomic E-state index is 0.349. The van der Waals surface area contributed by atoms with E-state index in [0.717, 1.165) is 6.42 Å². The quantitative estimate of drug-likeness (QED) is 0.669. The van der Waals surface area contributed by atoms with Crippen LogP contribution in [0.4, 0.5) is 0 Å². The number of hydrogen-bond acceptors (Lipinski definition) is 3. The second-order valence-electron chi connectivity index (χ2n) is 4.79. The van der Waals surface area contributed by atoms with Gasteiger partial charge in [-0.3, -0.25) is 9.69 Å². The smallest absolute Gasteiger partial charge is 0.131 e. The number of ketones is 1. The van der Waals surface area contributed by atoms with Gasteiger partial charge in [-0.05, 0) is 51.3 Å². The zero-order valence-electron chi connectivity index (χ0n) is 10.7. The van der Waals surface area contributed by atoms with E-state index in [0.29, 0.717) is 11.8 Å². The Hall–Kier alpha value is -0.0200. The fourth-order valence-electron chi connectivity index (χ4n) is 2.51. The van der Waals surface area contributed by atoms with Crippen molar-refractivity contribution in [1.29, 1.82) is 0 Å². The van der Waals surface area contributed by atoms with E-state index in [1.807, 2.05) is 11.8 Å². The van der Waals surface area contributed by atoms with E-state index < -0.39 is 0 Å². The molecule has 0 aromatic carbocycles. The van der Waals surface area contributed by atoms with Crippen molar-refractivity contribution < 1.29 is 4.79 Å². The zero-order valence-corrected chi connectivity index (χ0v) is 11.5. The van der Waals surface area contributed by atoms with E-state index in [1.165, 1.54) is 50.9 Å². The minimum Gasteiger partial charge on any atom is -0.300 e. The molecule has 1 aliphatic rings. The number of thioether (sulfide) groups is 1. The number of nitrogens with zero attached hydrogens (tertiary/aromatic N) is 1. The van der Waals surface area contributed by atoms with Crippen LogP contribution in [0.15, 0.2) is 0 Å². The molecule has 1 aliphatic heterocycles. The van der Waals surface area contributed by atoms with Gasteiger partial charge in [-0.2, -0.15) is 11.8 Å². The molecule has 0 N–H and O–H groups in total. The molecule has 2 nitrogen and oxygen atoms in total. The average Bonchev–Trinajstić information content (AvgIpc) is 2.44. The van der Waals surface area contributed by atoms with Crippen LogP contribution < -0.4 is 0 Å². The lowest BCUT2D eigenvalue weighted by molar-refractivity contribution is -0.118. The molecule has 1 rings (SSSR count). The van der Waals surface area contributed by atoms with Crippen LogP contribution in [0.25, 0.3) is 0 Å². The number of carbonyl (C=O) groups is 1. The van der Waals surface area contributed by atoms with Crippen LogP contribution in [0.2, 0.25) is 0 Å². The fourth-order valence-corrected chi connectivity index (χ4v) is 2.92. The Balaban J connectivity index is 2.41. The molecule has 1 heterocycles. The first-order chi connectivity index (χ1) is 7.74. The van der Waals surface area contributed by atoms with Gasteiger partial charge < -0.3 is 0 Å². The molecule has 0 radical (unpaired) electrons. The maximum absolute atomic E-state index is 11.3. The van der Waals surface area contributed by atoms with E-state index in [1.54, 1.807) is 6.92 Å². The third-order valence-corrected chi connectivity index (χ3v) is 4.01. The van der Waals surface area contributed by atoms with Gasteiger partial charge >= 0.3 is 0 Å². The molecule has 94 valence electrons. The van der Waals surface area contributed by atoms with Gasteiger partial charge in [0.2, 0.25) is 0 Å². The van der Waals surface area contributed by atoms with E-state index in [2.05, 4.69) is 11.2 Å². The molecule has 1 unspecified atom stereocenters. The van der Waals surface area contributed by atoms with Crippen LogP contribution in [-0.4, -0.2) is 41.8 Å². The summed E-state index contributed by atoms with van der Waals surface area (Å²) in [5.74, 6) is 1.59. The average molecular weight is 243 g/mol. The second-order valence-corrected chi connectivity index (χ2v) is 5.78. The van der Waals surface area contributed by atoms with E-state index in [-0.39, 0.29) is 0 Å². The van der Waals surface area contributed by atoms with Crippen molar-refractivity contribution in [3.63, 3.8) is 0 Å². The van der Waals surface area contributed by atoms with Gasteiger partial charge in [-0.25, -0.2) is 0 Å². The third-order valence-electron chi connectivity index (χ3n) is 3.32. The molecule has 0 aromatic heterocycles. The van der Waals surface area contributed by atoms with Crippen LogP contribution in [0, 0.1) is 0 Å². The largest absolute Gasteiger partial charge is 0.300 e. The Kier molecular flexibility index (Phi) is 7.13. The van der Waals surface area contributed by atoms with Crippen LogP contribution >= 0.6 is 11.8 Å². The molecular formula is C13H25NOS. The lowest BCUT2D eigenvalue weighted by Crippen LogP contribution is -2.37. The van der Waals surface area contributed by atoms with Crippen LogP contribution in [0.3, 0.4) is 0 Å². The summed E-state index contributed by atoms with van der Waals surface area (Å²) in [7, 11) is 0. The van der Waals surface area contributed by atoms with Crippen LogP contribution in [0.5, 0.6) is 0 Å². The summed E-state index contributed by atoms with van der Waals surface area (Å²) in [6.45, 7) is 4.11. The topological polar surface area (TPSA) is 20.3 Å². The fraction of sp³-hybridized carbons (Fsp3) is 0.923. The van der Waals surface area contributed by atoms with Crippen molar-refractivity contribution in [3.05, 3.63) is 0 Å². The first-order valence-corrected chi connectivity index (χ1v) is 7.86. The van der Waals surface area contributed by atoms with Gasteiger partial charge in [0.05, 0.1) is 0 Å². The number of likely N-dealkylation sites (tertiary alicyclic amines) is 1. The highest BCUT2D eigenvalue weighted by Crippen LogP contribution is 2.20. The maximum Gasteiger partial charge on any atom is 0.131 e. The van der Waals surface area contributed by atoms with Gasteiger partial charge in [0, 0.05) is 12.5 Å². The highest BCUT2D eigenvalue weighted by molar-refractivity contribution is 7.98. The third kappa shape index (κ3) is 5.35. The molecule has 1 atom stereocenters. The van der Waals surface area contributed by atoms with Crippen molar-refractivity contribution in [1.82, 2.24) is 4.90 Å². The highest BCUT2D eigenvalue weighted by atomic mass is 32.2. The molecule has 0 aliphatic carbocycles. The monoisotopic (exact) mass is 243 g/mol. The molecule has 0 spiro atoms. The highest BCUT2D eigenvalue weighted by Gasteiger charge is 2.21. The molecule has 3 heteroatoms. The van der Waals surface area contributed by atoms with Crippen molar-refractivity contribution in [3.8, 4) is 0 Å². The number of hydrogen-bond donors (Lipinski definition) is 0. The lowest BCUT2D eigenvalue weighted by Gasteiger charge is -2.29. The number of rotatable bonds is 6. The summed E-state index contributed by atoms with van der Waals surface area (Å²) in [6.07, 6.45) is 9.36. The van der Waals surface area contributed by atoms with Crippen molar-refractivity contribution in [2.75, 3.05) is 25.1 Å². The minimum atomic E-state index is 0.349. The summed E-state index contributed by atoms with van der Waals surface area (Å²) < 4.78 is 0. The molecule has 0 aromatic rings. The Morgan fingerprint density at radius 2 is 2.19 bits per heavy atom. The standard InChI is InChI=1S/C13H25NOS/c1-12(15)11-13-7-4-3-5-8-14(13)9-6-10-16-2/h13H,3-11H2,1-2H3. The Labute approximate surface area is 104 Å². The first kappa shape index (κ1) is 14.0. The molecule has 16 heavy (non-hydrogen) atoms. The molecule has 0 amide bonds. The Morgan fingerprint density at radius 3 is 2.88 bits per heavy atom. The number of Topliss-reactive ketones (excluding diaryl/α,β-unsaturated/α-hetero) is 1. The lowest BCUT2D eigenvalue weighted by atomic mass is 10.0. The molecule has 0 bridgehead atoms. The van der Waals surface area contributed by atoms with Crippen LogP contribution in [0.1, 0.15) is 45.4 Å². The zero-order chi connectivity index (χ0) is 11.8. The summed E-state index contributed by atoms with van der Waals surface area (Å²) in [5.41, 5.74) is 0. The van der Waals surface area contributed by atoms with Crippen molar-refractivity contribution in [2.45, 2.75) is 51.5 Å². The first-order valence-electron chi connectivity index (χ1n) is 6.46. The van der Waals surface area contributed by atoms with Crippen molar-refractivity contribution in [2.24, 2.45) is 0 Å². The SMILES string of the molecule is CSCCCN1CCCCCC1CC(C)=O. The van der Waals surface area contributed by atoms with Crippen molar-refractivity contribution >= 4 is 17.5 Å². The molecule has 1 saturated heterocycles. The van der Waals surface area contributed by atoms with Gasteiger partial charge in [0.1, 0.15) is 5.78 Å². The maximum atomic E-state index is 11.3. The van der Waals surface area contributed by atoms with E-state index in [4.69, 9.17) is 0 Å². The van der Waals surface area contributed by atoms with Gasteiger partial charge in [-0.1, -0.05) is 12.8 Å². The van der Waals surface area contributed by atoms with Crippen LogP contribution in [-0.2, 0) is 4.79 Å². The second kappa shape index (κ2) is 8.13. The summed E-state index contributed by atoms with van der Waals surface area (Å²) in [5, 5.41) is 0. The van der Waals surface area contributed by atoms with E-state index in [9.17, 15) is 4.79 Å². The Morgan fingerprint density at radius 1 is 1.38 bits per heavy atom. The van der Waals surface area contributed by atoms with Gasteiger partial charge in [0.25, 0.3) is 0 Å². The predicted octanol–water partition coefficient (Wildman–Crippen LogP) is 2.96. The summed E-state index contributed by atoms with van der Waals surface area (Å²) in [6, 6.07) is 0.529. The normalized spacial score (nSPS) is 23.0. The molecule has 1 fully saturated rings. The number of carbonyl (C=O) groups excluding carboxylic acids is 1. The summed E-state index contributed by atoms with van der Waals surface area (Å²) in [4.78, 5) is 13.8. The summed E-state index contributed by atoms with van der Waals surface area (Å²) >= 11 is 1.92. The van der Waals surface area contributed by atoms with Gasteiger partial charge in [0.15, 0.2) is 0 Å².